The van der Waals surface area contributed by atoms with Crippen LogP contribution >= 0.6 is 0 Å². The lowest BCUT2D eigenvalue weighted by Crippen LogP contribution is -2.11. The summed E-state index contributed by atoms with van der Waals surface area (Å²) >= 11 is 0. The molecule has 1 amide bonds. The molecular weight excluding hydrogens is 195 g/mol. The summed E-state index contributed by atoms with van der Waals surface area (Å²) in [6.07, 6.45) is 5.64. The van der Waals surface area contributed by atoms with Gasteiger partial charge < -0.3 is 11.1 Å². The van der Waals surface area contributed by atoms with Gasteiger partial charge in [-0.3, -0.25) is 4.79 Å². The predicted octanol–water partition coefficient (Wildman–Crippen LogP) is 1.76. The molecule has 1 aromatic carbocycles. The standard InChI is InChI=1S/C11H11FN2O/c1-2-3-4-11(15)14-8-5-6-9(12)10(13)7-8/h1,5-7H,3-4,13H2,(H,14,15). The van der Waals surface area contributed by atoms with Crippen molar-refractivity contribution in [3.8, 4) is 12.3 Å². The fourth-order valence-corrected chi connectivity index (χ4v) is 1.03. The number of carbonyl (C=O) groups excluding carboxylic acids is 1. The number of rotatable bonds is 3. The molecule has 0 saturated carbocycles. The minimum absolute atomic E-state index is 0.00440. The van der Waals surface area contributed by atoms with Crippen LogP contribution in [-0.2, 0) is 4.79 Å². The average Bonchev–Trinajstić information content (AvgIpc) is 2.20. The number of benzene rings is 1. The van der Waals surface area contributed by atoms with E-state index < -0.39 is 5.82 Å². The fraction of sp³-hybridized carbons (Fsp3) is 0.182. The van der Waals surface area contributed by atoms with Crippen LogP contribution in [0, 0.1) is 18.2 Å². The van der Waals surface area contributed by atoms with E-state index in [4.69, 9.17) is 12.2 Å². The Balaban J connectivity index is 2.62. The van der Waals surface area contributed by atoms with E-state index in [9.17, 15) is 9.18 Å². The molecule has 4 heteroatoms. The zero-order chi connectivity index (χ0) is 11.3. The van der Waals surface area contributed by atoms with E-state index >= 15 is 0 Å². The maximum absolute atomic E-state index is 12.8. The number of halogens is 1. The van der Waals surface area contributed by atoms with Crippen molar-refractivity contribution in [2.45, 2.75) is 12.8 Å². The summed E-state index contributed by atoms with van der Waals surface area (Å²) in [5.41, 5.74) is 5.81. The Morgan fingerprint density at radius 1 is 1.60 bits per heavy atom. The van der Waals surface area contributed by atoms with Crippen LogP contribution in [0.25, 0.3) is 0 Å². The van der Waals surface area contributed by atoms with Gasteiger partial charge in [0.2, 0.25) is 5.91 Å². The van der Waals surface area contributed by atoms with Gasteiger partial charge in [0.05, 0.1) is 5.69 Å². The minimum Gasteiger partial charge on any atom is -0.396 e. The molecule has 0 aliphatic carbocycles. The van der Waals surface area contributed by atoms with Crippen molar-refractivity contribution in [2.24, 2.45) is 0 Å². The Morgan fingerprint density at radius 3 is 2.93 bits per heavy atom. The average molecular weight is 206 g/mol. The van der Waals surface area contributed by atoms with Gasteiger partial charge in [-0.1, -0.05) is 0 Å². The van der Waals surface area contributed by atoms with Crippen LogP contribution in [0.3, 0.4) is 0 Å². The van der Waals surface area contributed by atoms with Gasteiger partial charge in [0.1, 0.15) is 5.82 Å². The third kappa shape index (κ3) is 3.31. The highest BCUT2D eigenvalue weighted by atomic mass is 19.1. The first kappa shape index (κ1) is 11.1. The third-order valence-corrected chi connectivity index (χ3v) is 1.78. The van der Waals surface area contributed by atoms with Crippen molar-refractivity contribution in [3.05, 3.63) is 24.0 Å². The maximum Gasteiger partial charge on any atom is 0.225 e. The SMILES string of the molecule is C#CCCC(=O)Nc1ccc(F)c(N)c1. The molecule has 0 atom stereocenters. The van der Waals surface area contributed by atoms with Gasteiger partial charge in [-0.25, -0.2) is 4.39 Å². The second-order valence-corrected chi connectivity index (χ2v) is 2.99. The second kappa shape index (κ2) is 5.01. The molecule has 3 N–H and O–H groups in total. The quantitative estimate of drug-likeness (QED) is 0.584. The highest BCUT2D eigenvalue weighted by Gasteiger charge is 2.03. The van der Waals surface area contributed by atoms with Crippen LogP contribution in [-0.4, -0.2) is 5.91 Å². The number of amides is 1. The number of nitrogens with one attached hydrogen (secondary N) is 1. The first-order valence-electron chi connectivity index (χ1n) is 4.42. The van der Waals surface area contributed by atoms with Crippen LogP contribution in [0.5, 0.6) is 0 Å². The Bertz CT molecular complexity index is 410. The molecule has 0 aromatic heterocycles. The van der Waals surface area contributed by atoms with E-state index in [1.807, 2.05) is 0 Å². The lowest BCUT2D eigenvalue weighted by molar-refractivity contribution is -0.116. The molecule has 0 spiro atoms. The summed E-state index contributed by atoms with van der Waals surface area (Å²) in [7, 11) is 0. The number of nitrogens with two attached hydrogens (primary N) is 1. The summed E-state index contributed by atoms with van der Waals surface area (Å²) in [5, 5.41) is 2.56. The molecule has 1 rings (SSSR count). The van der Waals surface area contributed by atoms with E-state index in [1.54, 1.807) is 0 Å². The number of terminal acetylenes is 1. The summed E-state index contributed by atoms with van der Waals surface area (Å²) in [4.78, 5) is 11.2. The number of hydrogen-bond donors (Lipinski definition) is 2. The van der Waals surface area contributed by atoms with E-state index in [1.165, 1.54) is 18.2 Å². The number of hydrogen-bond acceptors (Lipinski definition) is 2. The summed E-state index contributed by atoms with van der Waals surface area (Å²) in [6, 6.07) is 4.01. The first-order valence-corrected chi connectivity index (χ1v) is 4.42. The molecule has 0 heterocycles. The van der Waals surface area contributed by atoms with Crippen LogP contribution in [0.4, 0.5) is 15.8 Å². The molecule has 0 saturated heterocycles. The van der Waals surface area contributed by atoms with Crippen molar-refractivity contribution < 1.29 is 9.18 Å². The minimum atomic E-state index is -0.503. The first-order chi connectivity index (χ1) is 7.13. The monoisotopic (exact) mass is 206 g/mol. The molecular formula is C11H11FN2O. The van der Waals surface area contributed by atoms with Gasteiger partial charge in [0, 0.05) is 18.5 Å². The molecule has 0 aliphatic rings. The Hall–Kier alpha value is -2.02. The lowest BCUT2D eigenvalue weighted by Gasteiger charge is -2.05. The van der Waals surface area contributed by atoms with Gasteiger partial charge in [0.25, 0.3) is 0 Å². The van der Waals surface area contributed by atoms with Gasteiger partial charge in [-0.2, -0.15) is 0 Å². The molecule has 0 aliphatic heterocycles. The molecule has 0 radical (unpaired) electrons. The smallest absolute Gasteiger partial charge is 0.225 e. The Labute approximate surface area is 87.5 Å². The second-order valence-electron chi connectivity index (χ2n) is 2.99. The highest BCUT2D eigenvalue weighted by molar-refractivity contribution is 5.91. The number of carbonyl (C=O) groups is 1. The molecule has 15 heavy (non-hydrogen) atoms. The fourth-order valence-electron chi connectivity index (χ4n) is 1.03. The molecule has 0 unspecified atom stereocenters. The summed E-state index contributed by atoms with van der Waals surface area (Å²) < 4.78 is 12.8. The zero-order valence-corrected chi connectivity index (χ0v) is 8.09. The van der Waals surface area contributed by atoms with Crippen LogP contribution in [0.15, 0.2) is 18.2 Å². The topological polar surface area (TPSA) is 55.1 Å². The Morgan fingerprint density at radius 2 is 2.33 bits per heavy atom. The van der Waals surface area contributed by atoms with E-state index in [-0.39, 0.29) is 18.0 Å². The molecule has 3 nitrogen and oxygen atoms in total. The van der Waals surface area contributed by atoms with Crippen molar-refractivity contribution in [1.82, 2.24) is 0 Å². The van der Waals surface area contributed by atoms with Gasteiger partial charge in [0.15, 0.2) is 0 Å². The maximum atomic E-state index is 12.8. The van der Waals surface area contributed by atoms with Gasteiger partial charge >= 0.3 is 0 Å². The summed E-state index contributed by atoms with van der Waals surface area (Å²) in [5.74, 6) is 1.65. The normalized spacial score (nSPS) is 9.33. The van der Waals surface area contributed by atoms with Crippen molar-refractivity contribution in [3.63, 3.8) is 0 Å². The van der Waals surface area contributed by atoms with Gasteiger partial charge in [-0.05, 0) is 18.2 Å². The van der Waals surface area contributed by atoms with Crippen LogP contribution in [0.1, 0.15) is 12.8 Å². The van der Waals surface area contributed by atoms with Crippen molar-refractivity contribution in [1.29, 1.82) is 0 Å². The van der Waals surface area contributed by atoms with E-state index in [0.717, 1.165) is 0 Å². The van der Waals surface area contributed by atoms with Crippen LogP contribution < -0.4 is 11.1 Å². The van der Waals surface area contributed by atoms with E-state index in [2.05, 4.69) is 11.2 Å². The number of nitrogen functional groups attached to an aromatic ring is 1. The molecule has 0 bridgehead atoms. The van der Waals surface area contributed by atoms with Gasteiger partial charge in [-0.15, -0.1) is 12.3 Å². The number of anilines is 2. The van der Waals surface area contributed by atoms with E-state index in [0.29, 0.717) is 12.1 Å². The zero-order valence-electron chi connectivity index (χ0n) is 8.09. The Kier molecular flexibility index (Phi) is 3.69. The van der Waals surface area contributed by atoms with Crippen LogP contribution in [0.2, 0.25) is 0 Å². The molecule has 78 valence electrons. The van der Waals surface area contributed by atoms with Crippen molar-refractivity contribution >= 4 is 17.3 Å². The lowest BCUT2D eigenvalue weighted by atomic mass is 10.2. The largest absolute Gasteiger partial charge is 0.396 e. The third-order valence-electron chi connectivity index (χ3n) is 1.78. The molecule has 1 aromatic rings. The highest BCUT2D eigenvalue weighted by Crippen LogP contribution is 2.16. The van der Waals surface area contributed by atoms with Crippen molar-refractivity contribution in [2.75, 3.05) is 11.1 Å². The summed E-state index contributed by atoms with van der Waals surface area (Å²) in [6.45, 7) is 0. The molecule has 0 fully saturated rings. The predicted molar refractivity (Wildman–Crippen MR) is 57.5 cm³/mol.